The number of nitrogens with zero attached hydrogens (tertiary/aromatic N) is 3. The predicted octanol–water partition coefficient (Wildman–Crippen LogP) is 6.29. The van der Waals surface area contributed by atoms with Crippen molar-refractivity contribution in [2.24, 2.45) is 5.92 Å². The summed E-state index contributed by atoms with van der Waals surface area (Å²) in [6.07, 6.45) is 9.05. The zero-order chi connectivity index (χ0) is 28.2. The van der Waals surface area contributed by atoms with Gasteiger partial charge >= 0.3 is 0 Å². The summed E-state index contributed by atoms with van der Waals surface area (Å²) in [4.78, 5) is 33.3. The van der Waals surface area contributed by atoms with E-state index in [1.165, 1.54) is 16.7 Å². The van der Waals surface area contributed by atoms with E-state index in [1.54, 1.807) is 0 Å². The summed E-state index contributed by atoms with van der Waals surface area (Å²) in [5.74, 6) is -0.115. The molecule has 2 amide bonds. The highest BCUT2D eigenvalue weighted by Gasteiger charge is 2.39. The number of hydrogen-bond acceptors (Lipinski definition) is 3. The van der Waals surface area contributed by atoms with E-state index in [0.717, 1.165) is 56.6 Å². The lowest BCUT2D eigenvalue weighted by Crippen LogP contribution is -2.43. The van der Waals surface area contributed by atoms with E-state index in [2.05, 4.69) is 66.4 Å². The molecule has 3 aromatic carbocycles. The van der Waals surface area contributed by atoms with Crippen LogP contribution in [-0.2, 0) is 21.4 Å². The zero-order valence-corrected chi connectivity index (χ0v) is 25.4. The van der Waals surface area contributed by atoms with Crippen molar-refractivity contribution in [2.45, 2.75) is 44.4 Å². The third kappa shape index (κ3) is 6.33. The molecule has 1 atom stereocenters. The summed E-state index contributed by atoms with van der Waals surface area (Å²) in [7, 11) is 0. The number of rotatable bonds is 9. The fourth-order valence-corrected chi connectivity index (χ4v) is 7.00. The van der Waals surface area contributed by atoms with Gasteiger partial charge < -0.3 is 14.7 Å². The third-order valence-corrected chi connectivity index (χ3v) is 9.43. The highest BCUT2D eigenvalue weighted by molar-refractivity contribution is 5.99. The predicted molar refractivity (Wildman–Crippen MR) is 173 cm³/mol. The highest BCUT2D eigenvalue weighted by atomic mass is 35.5. The number of piperidine rings is 1. The summed E-state index contributed by atoms with van der Waals surface area (Å²) in [5, 5.41) is 0. The van der Waals surface area contributed by atoms with Crippen molar-refractivity contribution in [1.82, 2.24) is 9.80 Å². The van der Waals surface area contributed by atoms with Gasteiger partial charge in [0.2, 0.25) is 11.8 Å². The molecule has 2 heterocycles. The number of amides is 2. The summed E-state index contributed by atoms with van der Waals surface area (Å²) in [5.41, 5.74) is 6.33. The number of fused-ring (bicyclic) bond motifs is 2. The lowest BCUT2D eigenvalue weighted by molar-refractivity contribution is -0.128. The van der Waals surface area contributed by atoms with E-state index < -0.39 is 0 Å². The maximum Gasteiger partial charge on any atom is 0.232 e. The van der Waals surface area contributed by atoms with Crippen LogP contribution in [0.15, 0.2) is 84.9 Å². The van der Waals surface area contributed by atoms with Crippen LogP contribution in [0, 0.1) is 12.8 Å². The zero-order valence-electron chi connectivity index (χ0n) is 24.6. The van der Waals surface area contributed by atoms with Crippen molar-refractivity contribution < 1.29 is 9.59 Å². The Balaban J connectivity index is 0.00000353. The molecule has 220 valence electrons. The van der Waals surface area contributed by atoms with Gasteiger partial charge in [0.1, 0.15) is 0 Å². The number of hydrogen-bond donors (Lipinski definition) is 0. The number of halogens is 1. The van der Waals surface area contributed by atoms with Crippen LogP contribution in [0.5, 0.6) is 0 Å². The number of carbonyl (C=O) groups excluding carboxylic acids is 2. The Hall–Kier alpha value is -3.41. The van der Waals surface area contributed by atoms with Crippen LogP contribution < -0.4 is 4.90 Å². The van der Waals surface area contributed by atoms with Crippen LogP contribution in [-0.4, -0.2) is 60.9 Å². The average Bonchev–Trinajstić information content (AvgIpc) is 3.56. The average molecular weight is 584 g/mol. The maximum atomic E-state index is 14.0. The van der Waals surface area contributed by atoms with Crippen molar-refractivity contribution in [3.8, 4) is 0 Å². The van der Waals surface area contributed by atoms with Gasteiger partial charge in [0.15, 0.2) is 0 Å². The first-order valence-corrected chi connectivity index (χ1v) is 15.2. The Morgan fingerprint density at radius 2 is 1.64 bits per heavy atom. The van der Waals surface area contributed by atoms with Crippen LogP contribution >= 0.6 is 12.4 Å². The monoisotopic (exact) mass is 583 g/mol. The molecule has 0 aromatic heterocycles. The van der Waals surface area contributed by atoms with Crippen molar-refractivity contribution in [2.75, 3.05) is 44.2 Å². The fourth-order valence-electron chi connectivity index (χ4n) is 7.00. The molecule has 3 aliphatic rings. The molecule has 42 heavy (non-hydrogen) atoms. The normalized spacial score (nSPS) is 19.1. The summed E-state index contributed by atoms with van der Waals surface area (Å²) >= 11 is 0. The Bertz CT molecular complexity index is 1410. The lowest BCUT2D eigenvalue weighted by Gasteiger charge is -2.39. The highest BCUT2D eigenvalue weighted by Crippen LogP contribution is 2.43. The molecule has 5 nitrogen and oxygen atoms in total. The molecule has 6 rings (SSSR count). The van der Waals surface area contributed by atoms with Crippen molar-refractivity contribution >= 4 is 36.0 Å². The van der Waals surface area contributed by atoms with Crippen molar-refractivity contribution in [1.29, 1.82) is 0 Å². The molecule has 1 aliphatic carbocycles. The first-order valence-electron chi connectivity index (χ1n) is 15.2. The second-order valence-corrected chi connectivity index (χ2v) is 12.0. The first-order chi connectivity index (χ1) is 20.0. The molecule has 2 saturated heterocycles. The van der Waals surface area contributed by atoms with Gasteiger partial charge in [-0.25, -0.2) is 0 Å². The van der Waals surface area contributed by atoms with Gasteiger partial charge in [-0.2, -0.15) is 0 Å². The number of para-hydroxylation sites is 1. The number of benzene rings is 3. The Labute approximate surface area is 256 Å². The van der Waals surface area contributed by atoms with Gasteiger partial charge in [-0.05, 0) is 80.6 Å². The molecule has 2 aliphatic heterocycles. The molecular formula is C36H42ClN3O2. The Kier molecular flexibility index (Phi) is 9.50. The third-order valence-electron chi connectivity index (χ3n) is 9.43. The summed E-state index contributed by atoms with van der Waals surface area (Å²) in [6, 6.07) is 27.2. The summed E-state index contributed by atoms with van der Waals surface area (Å²) in [6.45, 7) is 7.03. The van der Waals surface area contributed by atoms with Crippen LogP contribution in [0.2, 0.25) is 0 Å². The Morgan fingerprint density at radius 3 is 2.43 bits per heavy atom. The largest absolute Gasteiger partial charge is 0.342 e. The summed E-state index contributed by atoms with van der Waals surface area (Å²) < 4.78 is 0. The maximum absolute atomic E-state index is 14.0. The smallest absolute Gasteiger partial charge is 0.232 e. The number of aryl methyl sites for hydroxylation is 1. The van der Waals surface area contributed by atoms with Gasteiger partial charge in [0.25, 0.3) is 0 Å². The number of carbonyl (C=O) groups is 2. The van der Waals surface area contributed by atoms with Gasteiger partial charge in [-0.15, -0.1) is 12.4 Å². The van der Waals surface area contributed by atoms with Gasteiger partial charge in [-0.3, -0.25) is 9.59 Å². The van der Waals surface area contributed by atoms with Crippen molar-refractivity contribution in [3.63, 3.8) is 0 Å². The van der Waals surface area contributed by atoms with E-state index in [9.17, 15) is 9.59 Å². The second kappa shape index (κ2) is 13.3. The Morgan fingerprint density at radius 1 is 0.929 bits per heavy atom. The number of anilines is 1. The molecule has 1 unspecified atom stereocenters. The van der Waals surface area contributed by atoms with Gasteiger partial charge in [0.05, 0.1) is 5.92 Å². The van der Waals surface area contributed by atoms with E-state index in [-0.39, 0.29) is 35.6 Å². The molecular weight excluding hydrogens is 542 g/mol. The molecule has 0 radical (unpaired) electrons. The molecule has 3 aromatic rings. The van der Waals surface area contributed by atoms with E-state index in [4.69, 9.17) is 0 Å². The minimum atomic E-state index is -0.290. The fraction of sp³-hybridized carbons (Fsp3) is 0.389. The molecule has 0 bridgehead atoms. The SMILES string of the molecule is Cc1ccccc1N(CCCN1CCC2(C=Cc3ccccc32)CC1)C(=O)C1CC(=O)N(CCc2ccccc2)C1.Cl. The second-order valence-electron chi connectivity index (χ2n) is 12.0. The minimum absolute atomic E-state index is 0. The molecule has 2 fully saturated rings. The lowest BCUT2D eigenvalue weighted by atomic mass is 9.74. The van der Waals surface area contributed by atoms with Crippen LogP contribution in [0.3, 0.4) is 0 Å². The number of likely N-dealkylation sites (tertiary alicyclic amines) is 2. The quantitative estimate of drug-likeness (QED) is 0.297. The molecule has 1 spiro atoms. The molecule has 6 heteroatoms. The van der Waals surface area contributed by atoms with Gasteiger partial charge in [0, 0.05) is 37.2 Å². The van der Waals surface area contributed by atoms with E-state index >= 15 is 0 Å². The van der Waals surface area contributed by atoms with Crippen molar-refractivity contribution in [3.05, 3.63) is 107 Å². The van der Waals surface area contributed by atoms with E-state index in [0.29, 0.717) is 26.1 Å². The first kappa shape index (κ1) is 30.1. The van der Waals surface area contributed by atoms with Crippen LogP contribution in [0.4, 0.5) is 5.69 Å². The molecule has 0 N–H and O–H groups in total. The van der Waals surface area contributed by atoms with Gasteiger partial charge in [-0.1, -0.05) is 84.9 Å². The number of allylic oxidation sites excluding steroid dienone is 1. The van der Waals surface area contributed by atoms with Crippen LogP contribution in [0.1, 0.15) is 47.9 Å². The van der Waals surface area contributed by atoms with Crippen LogP contribution in [0.25, 0.3) is 6.08 Å². The standard InChI is InChI=1S/C36H41N3O2.ClH/c1-28-10-5-8-15-33(28)39(35(41)31-26-34(40)38(27-31)23-17-29-11-3-2-4-12-29)22-9-21-37-24-19-36(20-25-37)18-16-30-13-6-7-14-32(30)36;/h2-8,10-16,18,31H,9,17,19-27H2,1H3;1H. The topological polar surface area (TPSA) is 43.9 Å². The van der Waals surface area contributed by atoms with E-state index in [1.807, 2.05) is 46.2 Å². The molecule has 0 saturated carbocycles. The minimum Gasteiger partial charge on any atom is -0.342 e.